The Morgan fingerprint density at radius 3 is 2.50 bits per heavy atom. The van der Waals surface area contributed by atoms with Gasteiger partial charge in [-0.1, -0.05) is 30.3 Å². The first-order valence-electron chi connectivity index (χ1n) is 12.3. The van der Waals surface area contributed by atoms with Crippen LogP contribution in [-0.2, 0) is 19.1 Å². The molecule has 186 valence electrons. The molecule has 0 radical (unpaired) electrons. The molecule has 3 aliphatic rings. The molecule has 1 saturated carbocycles. The molecular formula is C25H35N3O6. The minimum Gasteiger partial charge on any atom is -0.446 e. The fourth-order valence-electron chi connectivity index (χ4n) is 5.55. The number of nitrogens with zero attached hydrogens (tertiary/aromatic N) is 2. The van der Waals surface area contributed by atoms with Gasteiger partial charge in [0.15, 0.2) is 0 Å². The summed E-state index contributed by atoms with van der Waals surface area (Å²) in [6, 6.07) is 10.2. The Balaban J connectivity index is 1.36. The van der Waals surface area contributed by atoms with Gasteiger partial charge in [0, 0.05) is 45.3 Å². The number of amides is 3. The van der Waals surface area contributed by atoms with Crippen molar-refractivity contribution < 1.29 is 29.1 Å². The van der Waals surface area contributed by atoms with Crippen LogP contribution in [0.25, 0.3) is 0 Å². The monoisotopic (exact) mass is 473 g/mol. The lowest BCUT2D eigenvalue weighted by atomic mass is 9.76. The molecule has 3 fully saturated rings. The maximum absolute atomic E-state index is 13.4. The van der Waals surface area contributed by atoms with Crippen molar-refractivity contribution in [3.63, 3.8) is 0 Å². The fraction of sp³-hybridized carbons (Fsp3) is 0.640. The van der Waals surface area contributed by atoms with Crippen molar-refractivity contribution in [1.29, 1.82) is 0 Å². The number of hydroxylamine groups is 1. The van der Waals surface area contributed by atoms with Crippen molar-refractivity contribution >= 4 is 17.9 Å². The van der Waals surface area contributed by atoms with Crippen molar-refractivity contribution in [3.8, 4) is 0 Å². The smallest absolute Gasteiger partial charge is 0.410 e. The van der Waals surface area contributed by atoms with Gasteiger partial charge in [-0.3, -0.25) is 14.8 Å². The van der Waals surface area contributed by atoms with Crippen LogP contribution in [0.3, 0.4) is 0 Å². The number of carbonyl (C=O) groups excluding carboxylic acids is 3. The third-order valence-electron chi connectivity index (χ3n) is 7.63. The fourth-order valence-corrected chi connectivity index (χ4v) is 5.55. The molecule has 4 atom stereocenters. The highest BCUT2D eigenvalue weighted by Crippen LogP contribution is 2.36. The molecule has 9 nitrogen and oxygen atoms in total. The minimum absolute atomic E-state index is 0.0591. The molecule has 1 unspecified atom stereocenters. The predicted octanol–water partition coefficient (Wildman–Crippen LogP) is 2.54. The largest absolute Gasteiger partial charge is 0.446 e. The Morgan fingerprint density at radius 1 is 1.06 bits per heavy atom. The van der Waals surface area contributed by atoms with Gasteiger partial charge in [-0.15, -0.1) is 0 Å². The third kappa shape index (κ3) is 5.52. The molecule has 2 aliphatic heterocycles. The third-order valence-corrected chi connectivity index (χ3v) is 7.63. The van der Waals surface area contributed by atoms with Crippen LogP contribution in [0.5, 0.6) is 0 Å². The van der Waals surface area contributed by atoms with Gasteiger partial charge >= 0.3 is 6.09 Å². The van der Waals surface area contributed by atoms with E-state index in [2.05, 4.69) is 12.1 Å². The van der Waals surface area contributed by atoms with Gasteiger partial charge in [-0.05, 0) is 44.1 Å². The summed E-state index contributed by atoms with van der Waals surface area (Å²) >= 11 is 0. The summed E-state index contributed by atoms with van der Waals surface area (Å²) in [5, 5.41) is 9.32. The molecule has 1 aromatic rings. The SMILES string of the molecule is CN(C(=O)OC1CC[C@H](C(=O)N2CC[C@H](c3ccccc3)C2)[C@@H](C(=O)NO)C1)C1CCOCC1. The second-order valence-corrected chi connectivity index (χ2v) is 9.64. The summed E-state index contributed by atoms with van der Waals surface area (Å²) in [4.78, 5) is 42.0. The van der Waals surface area contributed by atoms with Crippen LogP contribution in [-0.4, -0.2) is 78.4 Å². The summed E-state index contributed by atoms with van der Waals surface area (Å²) in [5.41, 5.74) is 2.93. The first kappa shape index (κ1) is 24.5. The van der Waals surface area contributed by atoms with E-state index in [4.69, 9.17) is 9.47 Å². The zero-order valence-electron chi connectivity index (χ0n) is 19.7. The highest BCUT2D eigenvalue weighted by Gasteiger charge is 2.43. The quantitative estimate of drug-likeness (QED) is 0.503. The van der Waals surface area contributed by atoms with Gasteiger partial charge < -0.3 is 19.3 Å². The molecule has 2 N–H and O–H groups in total. The van der Waals surface area contributed by atoms with Gasteiger partial charge in [0.25, 0.3) is 0 Å². The van der Waals surface area contributed by atoms with Gasteiger partial charge in [0.1, 0.15) is 6.10 Å². The lowest BCUT2D eigenvalue weighted by Gasteiger charge is -2.37. The van der Waals surface area contributed by atoms with Crippen LogP contribution >= 0.6 is 0 Å². The van der Waals surface area contributed by atoms with Crippen LogP contribution in [0.4, 0.5) is 4.79 Å². The molecule has 0 bridgehead atoms. The maximum Gasteiger partial charge on any atom is 0.410 e. The molecular weight excluding hydrogens is 438 g/mol. The van der Waals surface area contributed by atoms with Crippen molar-refractivity contribution in [2.24, 2.45) is 11.8 Å². The predicted molar refractivity (Wildman–Crippen MR) is 123 cm³/mol. The standard InChI is InChI=1S/C25H35N3O6/c1-27(19-10-13-33-14-11-19)25(31)34-20-7-8-21(22(15-20)23(29)26-32)24(30)28-12-9-18(16-28)17-5-3-2-4-6-17/h2-6,18-22,32H,7-16H2,1H3,(H,26,29)/t18-,20?,21-,22-/m0/s1. The molecule has 0 aromatic heterocycles. The number of rotatable bonds is 5. The van der Waals surface area contributed by atoms with Crippen LogP contribution < -0.4 is 5.48 Å². The zero-order valence-corrected chi connectivity index (χ0v) is 19.7. The molecule has 2 heterocycles. The van der Waals surface area contributed by atoms with E-state index in [0.29, 0.717) is 39.1 Å². The Morgan fingerprint density at radius 2 is 1.79 bits per heavy atom. The summed E-state index contributed by atoms with van der Waals surface area (Å²) < 4.78 is 11.1. The van der Waals surface area contributed by atoms with Crippen molar-refractivity contribution in [2.75, 3.05) is 33.4 Å². The van der Waals surface area contributed by atoms with E-state index in [9.17, 15) is 19.6 Å². The van der Waals surface area contributed by atoms with Crippen LogP contribution in [0.1, 0.15) is 50.0 Å². The Hall–Kier alpha value is -2.65. The number of hydrogen-bond donors (Lipinski definition) is 2. The molecule has 34 heavy (non-hydrogen) atoms. The highest BCUT2D eigenvalue weighted by molar-refractivity contribution is 5.87. The molecule has 1 aromatic carbocycles. The van der Waals surface area contributed by atoms with Crippen LogP contribution in [0.15, 0.2) is 30.3 Å². The minimum atomic E-state index is -0.742. The second-order valence-electron chi connectivity index (χ2n) is 9.64. The number of benzene rings is 1. The average Bonchev–Trinajstić information content (AvgIpc) is 3.39. The Labute approximate surface area is 200 Å². The van der Waals surface area contributed by atoms with E-state index in [1.165, 1.54) is 5.56 Å². The van der Waals surface area contributed by atoms with Gasteiger partial charge in [0.2, 0.25) is 11.8 Å². The number of nitrogens with one attached hydrogen (secondary N) is 1. The molecule has 3 amide bonds. The van der Waals surface area contributed by atoms with Gasteiger partial charge in [-0.25, -0.2) is 10.3 Å². The first-order chi connectivity index (χ1) is 16.5. The van der Waals surface area contributed by atoms with E-state index in [0.717, 1.165) is 19.3 Å². The Kier molecular flexibility index (Phi) is 8.05. The molecule has 0 spiro atoms. The average molecular weight is 474 g/mol. The number of likely N-dealkylation sites (tertiary alicyclic amines) is 1. The topological polar surface area (TPSA) is 108 Å². The van der Waals surface area contributed by atoms with E-state index in [-0.39, 0.29) is 24.3 Å². The van der Waals surface area contributed by atoms with Crippen LogP contribution in [0.2, 0.25) is 0 Å². The van der Waals surface area contributed by atoms with E-state index < -0.39 is 29.9 Å². The van der Waals surface area contributed by atoms with E-state index in [1.54, 1.807) is 17.4 Å². The van der Waals surface area contributed by atoms with Gasteiger partial charge in [-0.2, -0.15) is 0 Å². The number of hydrogen-bond acceptors (Lipinski definition) is 6. The molecule has 2 saturated heterocycles. The van der Waals surface area contributed by atoms with Crippen LogP contribution in [0, 0.1) is 11.8 Å². The molecule has 9 heteroatoms. The van der Waals surface area contributed by atoms with Crippen molar-refractivity contribution in [3.05, 3.63) is 35.9 Å². The molecule has 1 aliphatic carbocycles. The summed E-state index contributed by atoms with van der Waals surface area (Å²) in [6.45, 7) is 2.52. The Bertz CT molecular complexity index is 859. The van der Waals surface area contributed by atoms with E-state index >= 15 is 0 Å². The molecule has 4 rings (SSSR count). The summed E-state index contributed by atoms with van der Waals surface area (Å²) in [5.74, 6) is -1.65. The van der Waals surface area contributed by atoms with Crippen molar-refractivity contribution in [2.45, 2.75) is 56.6 Å². The first-order valence-corrected chi connectivity index (χ1v) is 12.3. The van der Waals surface area contributed by atoms with Crippen molar-refractivity contribution in [1.82, 2.24) is 15.3 Å². The number of ether oxygens (including phenoxy) is 2. The van der Waals surface area contributed by atoms with Gasteiger partial charge in [0.05, 0.1) is 11.8 Å². The highest BCUT2D eigenvalue weighted by atomic mass is 16.6. The lowest BCUT2D eigenvalue weighted by molar-refractivity contribution is -0.148. The normalized spacial score (nSPS) is 27.8. The van der Waals surface area contributed by atoms with E-state index in [1.807, 2.05) is 23.1 Å². The second kappa shape index (κ2) is 11.2. The lowest BCUT2D eigenvalue weighted by Crippen LogP contribution is -2.48. The zero-order chi connectivity index (χ0) is 24.1. The summed E-state index contributed by atoms with van der Waals surface area (Å²) in [6.07, 6.45) is 2.68. The number of carbonyl (C=O) groups is 3. The summed E-state index contributed by atoms with van der Waals surface area (Å²) in [7, 11) is 1.72. The maximum atomic E-state index is 13.4.